The van der Waals surface area contributed by atoms with Crippen molar-refractivity contribution in [3.05, 3.63) is 53.6 Å². The Morgan fingerprint density at radius 3 is 2.56 bits per heavy atom. The van der Waals surface area contributed by atoms with Crippen LogP contribution in [0.5, 0.6) is 11.5 Å². The number of carbonyl (C=O) groups excluding carboxylic acids is 2. The van der Waals surface area contributed by atoms with Gasteiger partial charge in [-0.05, 0) is 47.2 Å². The number of likely N-dealkylation sites (tertiary alicyclic amines) is 1. The third-order valence-electron chi connectivity index (χ3n) is 6.39. The number of hydrogen-bond donors (Lipinski definition) is 1. The molecule has 2 aliphatic rings. The van der Waals surface area contributed by atoms with E-state index < -0.39 is 0 Å². The lowest BCUT2D eigenvalue weighted by atomic mass is 9.87. The molecule has 2 atom stereocenters. The van der Waals surface area contributed by atoms with Crippen LogP contribution in [0, 0.1) is 0 Å². The summed E-state index contributed by atoms with van der Waals surface area (Å²) in [6, 6.07) is 13.6. The lowest BCUT2D eigenvalue weighted by Gasteiger charge is -2.20. The number of benzene rings is 2. The van der Waals surface area contributed by atoms with Gasteiger partial charge in [-0.2, -0.15) is 0 Å². The average molecular weight is 467 g/mol. The molecule has 7 nitrogen and oxygen atoms in total. The molecule has 0 aliphatic carbocycles. The number of amides is 2. The van der Waals surface area contributed by atoms with Gasteiger partial charge in [-0.1, -0.05) is 39.0 Å². The highest BCUT2D eigenvalue weighted by molar-refractivity contribution is 5.95. The van der Waals surface area contributed by atoms with Gasteiger partial charge in [0, 0.05) is 31.0 Å². The highest BCUT2D eigenvalue weighted by atomic mass is 16.7. The number of hydrogen-bond acceptors (Lipinski definition) is 5. The van der Waals surface area contributed by atoms with E-state index >= 15 is 0 Å². The SMILES string of the molecule is COc1ccc(C2CC(=O)N(CC(=O)Nc3ccc(C(C)(C)C)cc3)C2)cc1OC1CCCO1. The fourth-order valence-corrected chi connectivity index (χ4v) is 4.40. The van der Waals surface area contributed by atoms with E-state index in [4.69, 9.17) is 14.2 Å². The van der Waals surface area contributed by atoms with Gasteiger partial charge in [0.1, 0.15) is 0 Å². The number of ether oxygens (including phenoxy) is 3. The zero-order valence-corrected chi connectivity index (χ0v) is 20.4. The van der Waals surface area contributed by atoms with Crippen molar-refractivity contribution in [3.8, 4) is 11.5 Å². The number of nitrogens with zero attached hydrogens (tertiary/aromatic N) is 1. The van der Waals surface area contributed by atoms with Crippen LogP contribution in [0.3, 0.4) is 0 Å². The minimum atomic E-state index is -0.271. The van der Waals surface area contributed by atoms with Gasteiger partial charge in [0.15, 0.2) is 17.8 Å². The summed E-state index contributed by atoms with van der Waals surface area (Å²) < 4.78 is 17.0. The largest absolute Gasteiger partial charge is 0.493 e. The second-order valence-corrected chi connectivity index (χ2v) is 10.0. The summed E-state index contributed by atoms with van der Waals surface area (Å²) in [7, 11) is 1.60. The van der Waals surface area contributed by atoms with Crippen LogP contribution in [0.2, 0.25) is 0 Å². The molecule has 2 amide bonds. The lowest BCUT2D eigenvalue weighted by Crippen LogP contribution is -2.34. The molecule has 2 aliphatic heterocycles. The van der Waals surface area contributed by atoms with Crippen LogP contribution in [0.4, 0.5) is 5.69 Å². The molecule has 0 bridgehead atoms. The Hall–Kier alpha value is -3.06. The van der Waals surface area contributed by atoms with E-state index in [-0.39, 0.29) is 36.0 Å². The number of nitrogens with one attached hydrogen (secondary N) is 1. The molecular formula is C27H34N2O5. The first-order chi connectivity index (χ1) is 16.2. The molecule has 2 aromatic rings. The van der Waals surface area contributed by atoms with E-state index in [9.17, 15) is 9.59 Å². The van der Waals surface area contributed by atoms with Crippen molar-refractivity contribution in [2.75, 3.05) is 32.1 Å². The minimum absolute atomic E-state index is 0.0101. The van der Waals surface area contributed by atoms with Crippen molar-refractivity contribution in [3.63, 3.8) is 0 Å². The maximum Gasteiger partial charge on any atom is 0.243 e. The topological polar surface area (TPSA) is 77.1 Å². The van der Waals surface area contributed by atoms with E-state index in [1.165, 1.54) is 5.56 Å². The summed E-state index contributed by atoms with van der Waals surface area (Å²) in [6.45, 7) is 7.66. The monoisotopic (exact) mass is 466 g/mol. The van der Waals surface area contributed by atoms with Gasteiger partial charge < -0.3 is 24.4 Å². The molecule has 0 spiro atoms. The molecule has 2 heterocycles. The molecule has 1 N–H and O–H groups in total. The summed E-state index contributed by atoms with van der Waals surface area (Å²) >= 11 is 0. The summed E-state index contributed by atoms with van der Waals surface area (Å²) in [5.41, 5.74) is 2.97. The minimum Gasteiger partial charge on any atom is -0.493 e. The molecule has 2 saturated heterocycles. The molecule has 34 heavy (non-hydrogen) atoms. The van der Waals surface area contributed by atoms with Crippen LogP contribution < -0.4 is 14.8 Å². The molecule has 0 saturated carbocycles. The third kappa shape index (κ3) is 5.70. The van der Waals surface area contributed by atoms with Crippen LogP contribution in [-0.4, -0.2) is 49.8 Å². The van der Waals surface area contributed by atoms with Gasteiger partial charge in [-0.15, -0.1) is 0 Å². The highest BCUT2D eigenvalue weighted by Gasteiger charge is 2.32. The molecule has 2 aromatic carbocycles. The zero-order chi connectivity index (χ0) is 24.3. The first kappa shape index (κ1) is 24.1. The van der Waals surface area contributed by atoms with Crippen molar-refractivity contribution >= 4 is 17.5 Å². The predicted molar refractivity (Wildman–Crippen MR) is 130 cm³/mol. The molecule has 182 valence electrons. The Kier molecular flexibility index (Phi) is 7.12. The van der Waals surface area contributed by atoms with Crippen LogP contribution in [-0.2, 0) is 19.7 Å². The van der Waals surface area contributed by atoms with Crippen molar-refractivity contribution < 1.29 is 23.8 Å². The van der Waals surface area contributed by atoms with E-state index in [1.807, 2.05) is 42.5 Å². The van der Waals surface area contributed by atoms with Crippen molar-refractivity contribution in [1.29, 1.82) is 0 Å². The van der Waals surface area contributed by atoms with Gasteiger partial charge in [-0.25, -0.2) is 0 Å². The number of carbonyl (C=O) groups is 2. The molecule has 0 aromatic heterocycles. The Bertz CT molecular complexity index is 1020. The van der Waals surface area contributed by atoms with E-state index in [0.717, 1.165) is 24.1 Å². The third-order valence-corrected chi connectivity index (χ3v) is 6.39. The molecule has 4 rings (SSSR count). The first-order valence-corrected chi connectivity index (χ1v) is 11.9. The maximum atomic E-state index is 12.7. The van der Waals surface area contributed by atoms with Crippen molar-refractivity contribution in [2.45, 2.75) is 57.7 Å². The highest BCUT2D eigenvalue weighted by Crippen LogP contribution is 2.36. The predicted octanol–water partition coefficient (Wildman–Crippen LogP) is 4.46. The molecule has 7 heteroatoms. The molecule has 2 unspecified atom stereocenters. The van der Waals surface area contributed by atoms with Crippen LogP contribution >= 0.6 is 0 Å². The van der Waals surface area contributed by atoms with Crippen molar-refractivity contribution in [1.82, 2.24) is 4.90 Å². The maximum absolute atomic E-state index is 12.7. The standard InChI is InChI=1S/C27H34N2O5/c1-27(2,3)20-8-10-21(11-9-20)28-24(30)17-29-16-19(15-25(29)31)18-7-12-22(32-4)23(14-18)34-26-6-5-13-33-26/h7-12,14,19,26H,5-6,13,15-17H2,1-4H3,(H,28,30). The number of methoxy groups -OCH3 is 1. The van der Waals surface area contributed by atoms with Gasteiger partial charge >= 0.3 is 0 Å². The second kappa shape index (κ2) is 10.1. The normalized spacial score (nSPS) is 20.5. The molecule has 0 radical (unpaired) electrons. The quantitative estimate of drug-likeness (QED) is 0.652. The number of rotatable bonds is 7. The smallest absolute Gasteiger partial charge is 0.243 e. The molecular weight excluding hydrogens is 432 g/mol. The Morgan fingerprint density at radius 1 is 1.15 bits per heavy atom. The van der Waals surface area contributed by atoms with Crippen LogP contribution in [0.1, 0.15) is 57.1 Å². The van der Waals surface area contributed by atoms with Gasteiger partial charge in [0.2, 0.25) is 11.8 Å². The number of anilines is 1. The van der Waals surface area contributed by atoms with Crippen molar-refractivity contribution in [2.24, 2.45) is 0 Å². The van der Waals surface area contributed by atoms with Gasteiger partial charge in [0.05, 0.1) is 20.3 Å². The van der Waals surface area contributed by atoms with E-state index in [2.05, 4.69) is 26.1 Å². The van der Waals surface area contributed by atoms with Crippen LogP contribution in [0.25, 0.3) is 0 Å². The van der Waals surface area contributed by atoms with Gasteiger partial charge in [-0.3, -0.25) is 9.59 Å². The lowest BCUT2D eigenvalue weighted by molar-refractivity contribution is -0.131. The Balaban J connectivity index is 1.37. The Morgan fingerprint density at radius 2 is 1.91 bits per heavy atom. The summed E-state index contributed by atoms with van der Waals surface area (Å²) in [5, 5.41) is 2.90. The fraction of sp³-hybridized carbons (Fsp3) is 0.481. The van der Waals surface area contributed by atoms with E-state index in [0.29, 0.717) is 31.1 Å². The fourth-order valence-electron chi connectivity index (χ4n) is 4.40. The second-order valence-electron chi connectivity index (χ2n) is 10.0. The average Bonchev–Trinajstić information content (AvgIpc) is 3.43. The zero-order valence-electron chi connectivity index (χ0n) is 20.4. The Labute approximate surface area is 201 Å². The summed E-state index contributed by atoms with van der Waals surface area (Å²) in [5.74, 6) is 1.02. The molecule has 2 fully saturated rings. The summed E-state index contributed by atoms with van der Waals surface area (Å²) in [4.78, 5) is 26.9. The summed E-state index contributed by atoms with van der Waals surface area (Å²) in [6.07, 6.45) is 1.91. The van der Waals surface area contributed by atoms with E-state index in [1.54, 1.807) is 12.0 Å². The van der Waals surface area contributed by atoms with Gasteiger partial charge in [0.25, 0.3) is 0 Å². The van der Waals surface area contributed by atoms with Crippen LogP contribution in [0.15, 0.2) is 42.5 Å². The first-order valence-electron chi connectivity index (χ1n) is 11.9.